The highest BCUT2D eigenvalue weighted by Gasteiger charge is 2.26. The first-order valence-electron chi connectivity index (χ1n) is 10.7. The molecular formula is C22H37N5O2. The summed E-state index contributed by atoms with van der Waals surface area (Å²) in [4.78, 5) is 20.7. The van der Waals surface area contributed by atoms with E-state index in [1.54, 1.807) is 14.2 Å². The Kier molecular flexibility index (Phi) is 9.25. The predicted octanol–water partition coefficient (Wildman–Crippen LogP) is 2.25. The van der Waals surface area contributed by atoms with Crippen LogP contribution in [0.1, 0.15) is 45.2 Å². The van der Waals surface area contributed by atoms with Crippen LogP contribution in [-0.2, 0) is 4.79 Å². The Hall–Kier alpha value is -2.28. The summed E-state index contributed by atoms with van der Waals surface area (Å²) >= 11 is 0. The number of nitrogens with zero attached hydrogens (tertiary/aromatic N) is 3. The molecule has 1 aromatic carbocycles. The summed E-state index contributed by atoms with van der Waals surface area (Å²) in [6.07, 6.45) is 1.51. The Morgan fingerprint density at radius 1 is 1.34 bits per heavy atom. The Labute approximate surface area is 175 Å². The Bertz CT molecular complexity index is 675. The van der Waals surface area contributed by atoms with Crippen molar-refractivity contribution in [2.24, 2.45) is 4.99 Å². The SMILES string of the molecule is CCC(=O)N1CCC(NC(=NC)NCC(c2cccc(OC)c2)N(CC)CC)C1. The average molecular weight is 404 g/mol. The van der Waals surface area contributed by atoms with Gasteiger partial charge in [-0.05, 0) is 37.2 Å². The van der Waals surface area contributed by atoms with Gasteiger partial charge in [-0.2, -0.15) is 0 Å². The first-order chi connectivity index (χ1) is 14.1. The van der Waals surface area contributed by atoms with Gasteiger partial charge in [-0.25, -0.2) is 0 Å². The second kappa shape index (κ2) is 11.7. The van der Waals surface area contributed by atoms with Gasteiger partial charge in [-0.1, -0.05) is 32.9 Å². The maximum absolute atomic E-state index is 11.9. The molecule has 2 N–H and O–H groups in total. The lowest BCUT2D eigenvalue weighted by atomic mass is 10.0. The molecule has 1 amide bonds. The van der Waals surface area contributed by atoms with Crippen LogP contribution in [0.15, 0.2) is 29.3 Å². The molecule has 29 heavy (non-hydrogen) atoms. The van der Waals surface area contributed by atoms with Gasteiger partial charge < -0.3 is 20.3 Å². The van der Waals surface area contributed by atoms with Crippen molar-refractivity contribution in [1.82, 2.24) is 20.4 Å². The molecule has 1 aliphatic heterocycles. The van der Waals surface area contributed by atoms with Crippen LogP contribution < -0.4 is 15.4 Å². The van der Waals surface area contributed by atoms with Crippen molar-refractivity contribution in [1.29, 1.82) is 0 Å². The smallest absolute Gasteiger partial charge is 0.222 e. The normalized spacial score (nSPS) is 18.1. The van der Waals surface area contributed by atoms with Gasteiger partial charge in [0.05, 0.1) is 13.2 Å². The summed E-state index contributed by atoms with van der Waals surface area (Å²) in [6.45, 7) is 10.5. The predicted molar refractivity (Wildman–Crippen MR) is 118 cm³/mol. The molecule has 1 saturated heterocycles. The highest BCUT2D eigenvalue weighted by Crippen LogP contribution is 2.23. The highest BCUT2D eigenvalue weighted by atomic mass is 16.5. The number of nitrogens with one attached hydrogen (secondary N) is 2. The molecule has 2 atom stereocenters. The number of guanidine groups is 1. The molecule has 7 nitrogen and oxygen atoms in total. The standard InChI is InChI=1S/C22H37N5O2/c1-6-21(28)27-13-12-18(16-27)25-22(23-4)24-15-20(26(7-2)8-3)17-10-9-11-19(14-17)29-5/h9-11,14,18,20H,6-8,12-13,15-16H2,1-5H3,(H2,23,24,25). The average Bonchev–Trinajstić information content (AvgIpc) is 3.23. The van der Waals surface area contributed by atoms with Crippen molar-refractivity contribution in [2.45, 2.75) is 45.7 Å². The third kappa shape index (κ3) is 6.35. The zero-order valence-corrected chi connectivity index (χ0v) is 18.6. The second-order valence-corrected chi connectivity index (χ2v) is 7.29. The van der Waals surface area contributed by atoms with E-state index in [1.165, 1.54) is 5.56 Å². The van der Waals surface area contributed by atoms with Gasteiger partial charge in [0.15, 0.2) is 5.96 Å². The third-order valence-electron chi connectivity index (χ3n) is 5.60. The number of likely N-dealkylation sites (tertiary alicyclic amines) is 1. The molecule has 1 aromatic rings. The van der Waals surface area contributed by atoms with Crippen molar-refractivity contribution >= 4 is 11.9 Å². The zero-order chi connectivity index (χ0) is 21.2. The molecule has 0 saturated carbocycles. The number of methoxy groups -OCH3 is 1. The lowest BCUT2D eigenvalue weighted by Gasteiger charge is -2.31. The zero-order valence-electron chi connectivity index (χ0n) is 18.6. The summed E-state index contributed by atoms with van der Waals surface area (Å²) in [5.74, 6) is 1.87. The fourth-order valence-electron chi connectivity index (χ4n) is 3.88. The lowest BCUT2D eigenvalue weighted by molar-refractivity contribution is -0.129. The molecule has 0 spiro atoms. The van der Waals surface area contributed by atoms with E-state index in [1.807, 2.05) is 24.0 Å². The first kappa shape index (κ1) is 23.0. The largest absolute Gasteiger partial charge is 0.497 e. The van der Waals surface area contributed by atoms with E-state index in [9.17, 15) is 4.79 Å². The highest BCUT2D eigenvalue weighted by molar-refractivity contribution is 5.80. The van der Waals surface area contributed by atoms with Crippen LogP contribution in [0.25, 0.3) is 0 Å². The van der Waals surface area contributed by atoms with Crippen molar-refractivity contribution < 1.29 is 9.53 Å². The Morgan fingerprint density at radius 3 is 2.72 bits per heavy atom. The molecule has 0 bridgehead atoms. The van der Waals surface area contributed by atoms with E-state index >= 15 is 0 Å². The quantitative estimate of drug-likeness (QED) is 0.489. The molecule has 0 radical (unpaired) electrons. The van der Waals surface area contributed by atoms with Gasteiger partial charge in [-0.15, -0.1) is 0 Å². The van der Waals surface area contributed by atoms with E-state index in [-0.39, 0.29) is 18.0 Å². The number of carbonyl (C=O) groups is 1. The molecule has 162 valence electrons. The van der Waals surface area contributed by atoms with Crippen LogP contribution in [0.3, 0.4) is 0 Å². The fourth-order valence-corrected chi connectivity index (χ4v) is 3.88. The summed E-state index contributed by atoms with van der Waals surface area (Å²) in [6, 6.07) is 8.71. The number of aliphatic imine (C=N–C) groups is 1. The molecular weight excluding hydrogens is 366 g/mol. The van der Waals surface area contributed by atoms with Crippen molar-refractivity contribution in [3.8, 4) is 5.75 Å². The minimum Gasteiger partial charge on any atom is -0.497 e. The number of amides is 1. The number of benzene rings is 1. The monoisotopic (exact) mass is 403 g/mol. The minimum atomic E-state index is 0.209. The number of hydrogen-bond acceptors (Lipinski definition) is 4. The van der Waals surface area contributed by atoms with E-state index in [0.29, 0.717) is 6.42 Å². The molecule has 1 fully saturated rings. The number of likely N-dealkylation sites (N-methyl/N-ethyl adjacent to an activating group) is 1. The summed E-state index contributed by atoms with van der Waals surface area (Å²) in [5.41, 5.74) is 1.22. The van der Waals surface area contributed by atoms with Crippen molar-refractivity contribution in [2.75, 3.05) is 46.9 Å². The first-order valence-corrected chi connectivity index (χ1v) is 10.7. The summed E-state index contributed by atoms with van der Waals surface area (Å²) in [7, 11) is 3.49. The second-order valence-electron chi connectivity index (χ2n) is 7.29. The number of rotatable bonds is 9. The van der Waals surface area contributed by atoms with Crippen molar-refractivity contribution in [3.63, 3.8) is 0 Å². The minimum absolute atomic E-state index is 0.209. The van der Waals surface area contributed by atoms with Crippen LogP contribution >= 0.6 is 0 Å². The fraction of sp³-hybridized carbons (Fsp3) is 0.636. The summed E-state index contributed by atoms with van der Waals surface area (Å²) < 4.78 is 5.42. The van der Waals surface area contributed by atoms with Crippen LogP contribution in [0.5, 0.6) is 5.75 Å². The molecule has 2 unspecified atom stereocenters. The summed E-state index contributed by atoms with van der Waals surface area (Å²) in [5, 5.41) is 6.97. The molecule has 7 heteroatoms. The Balaban J connectivity index is 2.02. The Morgan fingerprint density at radius 2 is 2.10 bits per heavy atom. The van der Waals surface area contributed by atoms with Gasteiger partial charge in [-0.3, -0.25) is 14.7 Å². The molecule has 0 aromatic heterocycles. The topological polar surface area (TPSA) is 69.2 Å². The van der Waals surface area contributed by atoms with Gasteiger partial charge in [0.2, 0.25) is 5.91 Å². The van der Waals surface area contributed by atoms with Crippen LogP contribution in [-0.4, -0.2) is 74.6 Å². The van der Waals surface area contributed by atoms with E-state index < -0.39 is 0 Å². The third-order valence-corrected chi connectivity index (χ3v) is 5.60. The molecule has 0 aliphatic carbocycles. The van der Waals surface area contributed by atoms with Crippen molar-refractivity contribution in [3.05, 3.63) is 29.8 Å². The van der Waals surface area contributed by atoms with Gasteiger partial charge in [0, 0.05) is 39.1 Å². The van der Waals surface area contributed by atoms with E-state index in [2.05, 4.69) is 46.5 Å². The molecule has 1 aliphatic rings. The molecule has 2 rings (SSSR count). The van der Waals surface area contributed by atoms with Crippen LogP contribution in [0.4, 0.5) is 0 Å². The maximum atomic E-state index is 11.9. The number of carbonyl (C=O) groups excluding carboxylic acids is 1. The lowest BCUT2D eigenvalue weighted by Crippen LogP contribution is -2.47. The van der Waals surface area contributed by atoms with E-state index in [0.717, 1.165) is 50.9 Å². The van der Waals surface area contributed by atoms with Crippen LogP contribution in [0, 0.1) is 0 Å². The number of hydrogen-bond donors (Lipinski definition) is 2. The molecule has 1 heterocycles. The van der Waals surface area contributed by atoms with E-state index in [4.69, 9.17) is 4.74 Å². The van der Waals surface area contributed by atoms with Gasteiger partial charge >= 0.3 is 0 Å². The number of ether oxygens (including phenoxy) is 1. The maximum Gasteiger partial charge on any atom is 0.222 e. The van der Waals surface area contributed by atoms with Gasteiger partial charge in [0.1, 0.15) is 5.75 Å². The van der Waals surface area contributed by atoms with Gasteiger partial charge in [0.25, 0.3) is 0 Å². The van der Waals surface area contributed by atoms with Crippen LogP contribution in [0.2, 0.25) is 0 Å².